The van der Waals surface area contributed by atoms with Crippen molar-refractivity contribution in [2.75, 3.05) is 0 Å². The Morgan fingerprint density at radius 2 is 0.897 bits per heavy atom. The van der Waals surface area contributed by atoms with Crippen molar-refractivity contribution < 1.29 is 4.42 Å². The zero-order valence-corrected chi connectivity index (χ0v) is 31.7. The number of aromatic nitrogens is 4. The van der Waals surface area contributed by atoms with E-state index in [1.165, 1.54) is 25.6 Å². The maximum absolute atomic E-state index is 6.23. The van der Waals surface area contributed by atoms with E-state index >= 15 is 0 Å². The lowest BCUT2D eigenvalue weighted by atomic mass is 9.94. The Balaban J connectivity index is 0.981. The van der Waals surface area contributed by atoms with Gasteiger partial charge >= 0.3 is 0 Å². The summed E-state index contributed by atoms with van der Waals surface area (Å²) in [5.41, 5.74) is 9.58. The van der Waals surface area contributed by atoms with Crippen LogP contribution in [0.25, 0.3) is 120 Å². The zero-order valence-electron chi connectivity index (χ0n) is 30.9. The molecule has 0 aliphatic heterocycles. The van der Waals surface area contributed by atoms with Crippen LogP contribution < -0.4 is 0 Å². The van der Waals surface area contributed by atoms with Crippen LogP contribution in [-0.2, 0) is 0 Å². The highest BCUT2D eigenvalue weighted by Crippen LogP contribution is 2.44. The maximum Gasteiger partial charge on any atom is 0.164 e. The third-order valence-corrected chi connectivity index (χ3v) is 12.3. The van der Waals surface area contributed by atoms with Crippen LogP contribution in [0.3, 0.4) is 0 Å². The monoisotopic (exact) mass is 758 g/mol. The topological polar surface area (TPSA) is 64.7 Å². The molecular weight excluding hydrogens is 729 g/mol. The van der Waals surface area contributed by atoms with Gasteiger partial charge in [-0.25, -0.2) is 19.9 Å². The third-order valence-electron chi connectivity index (χ3n) is 11.1. The van der Waals surface area contributed by atoms with Crippen LogP contribution in [0, 0.1) is 0 Å². The van der Waals surface area contributed by atoms with E-state index in [9.17, 15) is 0 Å². The van der Waals surface area contributed by atoms with Crippen molar-refractivity contribution in [1.82, 2.24) is 19.9 Å². The first-order chi connectivity index (χ1) is 28.7. The van der Waals surface area contributed by atoms with Gasteiger partial charge in [0.1, 0.15) is 11.2 Å². The van der Waals surface area contributed by atoms with Gasteiger partial charge in [0.2, 0.25) is 0 Å². The van der Waals surface area contributed by atoms with Crippen LogP contribution in [0.15, 0.2) is 186 Å². The molecule has 4 heterocycles. The fraction of sp³-hybridized carbons (Fsp3) is 0. The number of para-hydroxylation sites is 1. The summed E-state index contributed by atoms with van der Waals surface area (Å²) in [6.45, 7) is 0. The van der Waals surface area contributed by atoms with Gasteiger partial charge in [0, 0.05) is 69.4 Å². The number of furan rings is 1. The molecule has 0 amide bonds. The van der Waals surface area contributed by atoms with Gasteiger partial charge in [0.15, 0.2) is 17.5 Å². The largest absolute Gasteiger partial charge is 0.456 e. The van der Waals surface area contributed by atoms with E-state index in [0.29, 0.717) is 17.5 Å². The van der Waals surface area contributed by atoms with E-state index in [1.807, 2.05) is 65.9 Å². The molecule has 58 heavy (non-hydrogen) atoms. The van der Waals surface area contributed by atoms with Crippen molar-refractivity contribution in [3.05, 3.63) is 182 Å². The van der Waals surface area contributed by atoms with Crippen molar-refractivity contribution in [3.8, 4) is 56.5 Å². The summed E-state index contributed by atoms with van der Waals surface area (Å²) in [5.74, 6) is 1.81. The molecule has 12 aromatic rings. The molecule has 0 radical (unpaired) electrons. The Kier molecular flexibility index (Phi) is 7.33. The lowest BCUT2D eigenvalue weighted by Crippen LogP contribution is -2.00. The van der Waals surface area contributed by atoms with Crippen LogP contribution in [0.5, 0.6) is 0 Å². The predicted octanol–water partition coefficient (Wildman–Crippen LogP) is 14.2. The maximum atomic E-state index is 6.23. The summed E-state index contributed by atoms with van der Waals surface area (Å²) in [5, 5.41) is 8.29. The van der Waals surface area contributed by atoms with E-state index < -0.39 is 0 Å². The minimum Gasteiger partial charge on any atom is -0.456 e. The van der Waals surface area contributed by atoms with Crippen LogP contribution in [0.1, 0.15) is 0 Å². The number of hydrogen-bond acceptors (Lipinski definition) is 6. The second kappa shape index (κ2) is 13.0. The van der Waals surface area contributed by atoms with Gasteiger partial charge in [-0.05, 0) is 47.5 Å². The van der Waals surface area contributed by atoms with Crippen LogP contribution in [-0.4, -0.2) is 19.9 Å². The SMILES string of the molecule is c1ccc(-c2nc(-c3ccc(-c4ccc5c(c4)nc(-c4ccccc4)c4ccc6sc7ccccc7c6c45)cc3)nc(-c3ccc4c(c3)oc3ccccc34)n2)cc1. The van der Waals surface area contributed by atoms with E-state index in [0.717, 1.165) is 77.3 Å². The van der Waals surface area contributed by atoms with Crippen LogP contribution in [0.2, 0.25) is 0 Å². The molecule has 0 aliphatic rings. The Morgan fingerprint density at radius 1 is 0.328 bits per heavy atom. The van der Waals surface area contributed by atoms with Crippen LogP contribution in [0.4, 0.5) is 0 Å². The van der Waals surface area contributed by atoms with Gasteiger partial charge < -0.3 is 4.42 Å². The molecule has 0 aliphatic carbocycles. The molecule has 0 N–H and O–H groups in total. The van der Waals surface area contributed by atoms with Crippen molar-refractivity contribution in [3.63, 3.8) is 0 Å². The number of nitrogens with zero attached hydrogens (tertiary/aromatic N) is 4. The van der Waals surface area contributed by atoms with Gasteiger partial charge in [-0.1, -0.05) is 146 Å². The number of fused-ring (bicyclic) bond motifs is 10. The van der Waals surface area contributed by atoms with E-state index in [-0.39, 0.29) is 0 Å². The molecule has 4 aromatic heterocycles. The molecule has 8 aromatic carbocycles. The normalized spacial score (nSPS) is 11.8. The minimum absolute atomic E-state index is 0.588. The second-order valence-electron chi connectivity index (χ2n) is 14.6. The molecule has 0 spiro atoms. The molecule has 0 unspecified atom stereocenters. The average molecular weight is 759 g/mol. The molecule has 5 nitrogen and oxygen atoms in total. The second-order valence-corrected chi connectivity index (χ2v) is 15.7. The first kappa shape index (κ1) is 32.7. The first-order valence-electron chi connectivity index (χ1n) is 19.3. The van der Waals surface area contributed by atoms with Crippen molar-refractivity contribution in [2.45, 2.75) is 0 Å². The molecule has 270 valence electrons. The Labute approximate surface area is 336 Å². The van der Waals surface area contributed by atoms with E-state index in [2.05, 4.69) is 127 Å². The fourth-order valence-corrected chi connectivity index (χ4v) is 9.45. The summed E-state index contributed by atoms with van der Waals surface area (Å²) >= 11 is 1.85. The van der Waals surface area contributed by atoms with E-state index in [4.69, 9.17) is 24.4 Å². The zero-order chi connectivity index (χ0) is 38.2. The quantitative estimate of drug-likeness (QED) is 0.164. The Morgan fingerprint density at radius 3 is 1.69 bits per heavy atom. The predicted molar refractivity (Wildman–Crippen MR) is 240 cm³/mol. The smallest absolute Gasteiger partial charge is 0.164 e. The van der Waals surface area contributed by atoms with Crippen LogP contribution >= 0.6 is 11.3 Å². The highest BCUT2D eigenvalue weighted by atomic mass is 32.1. The molecular formula is C52H30N4OS. The van der Waals surface area contributed by atoms with Gasteiger partial charge in [-0.2, -0.15) is 0 Å². The number of pyridine rings is 1. The lowest BCUT2D eigenvalue weighted by molar-refractivity contribution is 0.669. The van der Waals surface area contributed by atoms with Crippen molar-refractivity contribution in [2.24, 2.45) is 0 Å². The van der Waals surface area contributed by atoms with Gasteiger partial charge in [-0.15, -0.1) is 11.3 Å². The molecule has 0 saturated heterocycles. The highest BCUT2D eigenvalue weighted by Gasteiger charge is 2.18. The molecule has 0 bridgehead atoms. The van der Waals surface area contributed by atoms with Gasteiger partial charge in [0.05, 0.1) is 11.2 Å². The molecule has 0 saturated carbocycles. The third kappa shape index (κ3) is 5.30. The summed E-state index contributed by atoms with van der Waals surface area (Å²) in [7, 11) is 0. The van der Waals surface area contributed by atoms with Crippen molar-refractivity contribution in [1.29, 1.82) is 0 Å². The summed E-state index contributed by atoms with van der Waals surface area (Å²) in [6.07, 6.45) is 0. The van der Waals surface area contributed by atoms with Gasteiger partial charge in [0.25, 0.3) is 0 Å². The first-order valence-corrected chi connectivity index (χ1v) is 20.1. The summed E-state index contributed by atoms with van der Waals surface area (Å²) in [4.78, 5) is 20.4. The summed E-state index contributed by atoms with van der Waals surface area (Å²) in [6, 6.07) is 63.3. The Bertz CT molecular complexity index is 3560. The number of thiophene rings is 1. The Hall–Kier alpha value is -7.54. The van der Waals surface area contributed by atoms with Crippen molar-refractivity contribution >= 4 is 75.1 Å². The number of rotatable bonds is 5. The fourth-order valence-electron chi connectivity index (χ4n) is 8.33. The number of hydrogen-bond donors (Lipinski definition) is 0. The molecule has 12 rings (SSSR count). The van der Waals surface area contributed by atoms with E-state index in [1.54, 1.807) is 0 Å². The average Bonchev–Trinajstić information content (AvgIpc) is 3.87. The molecule has 6 heteroatoms. The lowest BCUT2D eigenvalue weighted by Gasteiger charge is -2.13. The highest BCUT2D eigenvalue weighted by molar-refractivity contribution is 7.26. The minimum atomic E-state index is 0.588. The standard InChI is InChI=1S/C52H30N4OS/c1-3-11-32(12-4-1)49-41-27-28-46-48(40-16-8-10-18-45(40)58-46)47(41)39-26-23-35(29-42(39)53-49)31-19-21-34(22-20-31)51-54-50(33-13-5-2-6-14-33)55-52(56-51)36-24-25-38-37-15-7-9-17-43(37)57-44(38)30-36/h1-30H. The number of benzene rings is 8. The molecule has 0 atom stereocenters. The summed E-state index contributed by atoms with van der Waals surface area (Å²) < 4.78 is 8.81. The molecule has 0 fully saturated rings. The van der Waals surface area contributed by atoms with Gasteiger partial charge in [-0.3, -0.25) is 0 Å².